The smallest absolute Gasteiger partial charge is 0.221 e. The minimum Gasteiger partial charge on any atom is -0.357 e. The molecule has 6 heteroatoms. The number of unbranched alkanes of at least 4 members (excludes halogenated alkanes) is 1. The second kappa shape index (κ2) is 13.9. The number of nitrogens with one attached hydrogen (secondary N) is 3. The first-order valence-electron chi connectivity index (χ1n) is 6.91. The van der Waals surface area contributed by atoms with Crippen LogP contribution in [0.4, 0.5) is 0 Å². The maximum atomic E-state index is 11.4. The van der Waals surface area contributed by atoms with E-state index in [1.807, 2.05) is 20.8 Å². The molecule has 0 aromatic heterocycles. The number of rotatable bonds is 8. The Morgan fingerprint density at radius 1 is 1.21 bits per heavy atom. The van der Waals surface area contributed by atoms with Gasteiger partial charge in [-0.05, 0) is 27.2 Å². The summed E-state index contributed by atoms with van der Waals surface area (Å²) in [4.78, 5) is 15.9. The number of amides is 1. The SMILES string of the molecule is CCCCN=C(NCC)NCCC(=O)NC(C)C.I. The van der Waals surface area contributed by atoms with E-state index in [1.54, 1.807) is 0 Å². The van der Waals surface area contributed by atoms with Crippen LogP contribution in [-0.2, 0) is 4.79 Å². The van der Waals surface area contributed by atoms with Gasteiger partial charge in [-0.2, -0.15) is 0 Å². The number of carbonyl (C=O) groups excluding carboxylic acids is 1. The van der Waals surface area contributed by atoms with Crippen molar-refractivity contribution in [3.8, 4) is 0 Å². The molecule has 5 nitrogen and oxygen atoms in total. The van der Waals surface area contributed by atoms with Gasteiger partial charge in [0, 0.05) is 32.1 Å². The summed E-state index contributed by atoms with van der Waals surface area (Å²) in [5.41, 5.74) is 0. The lowest BCUT2D eigenvalue weighted by Gasteiger charge is -2.12. The van der Waals surface area contributed by atoms with Crippen LogP contribution in [-0.4, -0.2) is 37.5 Å². The van der Waals surface area contributed by atoms with Crippen molar-refractivity contribution in [2.24, 2.45) is 4.99 Å². The Morgan fingerprint density at radius 3 is 2.42 bits per heavy atom. The van der Waals surface area contributed by atoms with E-state index in [-0.39, 0.29) is 35.9 Å². The summed E-state index contributed by atoms with van der Waals surface area (Å²) in [5.74, 6) is 0.866. The van der Waals surface area contributed by atoms with Crippen LogP contribution in [0.25, 0.3) is 0 Å². The molecule has 114 valence electrons. The van der Waals surface area contributed by atoms with Gasteiger partial charge in [-0.1, -0.05) is 13.3 Å². The highest BCUT2D eigenvalue weighted by Crippen LogP contribution is 1.87. The molecule has 0 aromatic carbocycles. The summed E-state index contributed by atoms with van der Waals surface area (Å²) in [7, 11) is 0. The molecule has 0 rings (SSSR count). The number of hydrogen-bond acceptors (Lipinski definition) is 2. The van der Waals surface area contributed by atoms with Crippen molar-refractivity contribution in [1.82, 2.24) is 16.0 Å². The predicted molar refractivity (Wildman–Crippen MR) is 92.2 cm³/mol. The zero-order valence-electron chi connectivity index (χ0n) is 12.6. The first-order valence-corrected chi connectivity index (χ1v) is 6.91. The summed E-state index contributed by atoms with van der Waals surface area (Å²) < 4.78 is 0. The van der Waals surface area contributed by atoms with E-state index in [9.17, 15) is 4.79 Å². The average Bonchev–Trinajstić information content (AvgIpc) is 2.28. The van der Waals surface area contributed by atoms with Crippen molar-refractivity contribution >= 4 is 35.8 Å². The predicted octanol–water partition coefficient (Wildman–Crippen LogP) is 1.87. The Kier molecular flexibility index (Phi) is 15.2. The normalized spacial score (nSPS) is 10.9. The van der Waals surface area contributed by atoms with Gasteiger partial charge in [-0.25, -0.2) is 0 Å². The third-order valence-corrected chi connectivity index (χ3v) is 2.22. The summed E-state index contributed by atoms with van der Waals surface area (Å²) in [5, 5.41) is 9.19. The summed E-state index contributed by atoms with van der Waals surface area (Å²) in [6.07, 6.45) is 2.69. The maximum Gasteiger partial charge on any atom is 0.221 e. The molecule has 0 saturated heterocycles. The molecule has 0 saturated carbocycles. The Bertz CT molecular complexity index is 257. The molecule has 0 aromatic rings. The molecular weight excluding hydrogens is 355 g/mol. The van der Waals surface area contributed by atoms with Crippen LogP contribution in [0.15, 0.2) is 4.99 Å². The highest BCUT2D eigenvalue weighted by molar-refractivity contribution is 14.0. The first kappa shape index (κ1) is 20.8. The number of nitrogens with zero attached hydrogens (tertiary/aromatic N) is 1. The zero-order valence-corrected chi connectivity index (χ0v) is 14.9. The van der Waals surface area contributed by atoms with Gasteiger partial charge in [0.15, 0.2) is 5.96 Å². The van der Waals surface area contributed by atoms with Gasteiger partial charge in [0.2, 0.25) is 5.91 Å². The fourth-order valence-corrected chi connectivity index (χ4v) is 1.38. The third-order valence-electron chi connectivity index (χ3n) is 2.22. The summed E-state index contributed by atoms with van der Waals surface area (Å²) in [6.45, 7) is 10.4. The number of guanidine groups is 1. The number of hydrogen-bond donors (Lipinski definition) is 3. The standard InChI is InChI=1S/C13H28N4O.HI/c1-5-7-9-15-13(14-6-2)16-10-8-12(18)17-11(3)4;/h11H,5-10H2,1-4H3,(H,17,18)(H2,14,15,16);1H. The van der Waals surface area contributed by atoms with E-state index >= 15 is 0 Å². The highest BCUT2D eigenvalue weighted by Gasteiger charge is 2.03. The molecule has 0 spiro atoms. The summed E-state index contributed by atoms with van der Waals surface area (Å²) in [6, 6.07) is 0.198. The summed E-state index contributed by atoms with van der Waals surface area (Å²) >= 11 is 0. The number of aliphatic imine (C=N–C) groups is 1. The molecule has 1 amide bonds. The molecule has 0 radical (unpaired) electrons. The van der Waals surface area contributed by atoms with E-state index in [0.717, 1.165) is 31.9 Å². The molecule has 0 bridgehead atoms. The molecule has 3 N–H and O–H groups in total. The largest absolute Gasteiger partial charge is 0.357 e. The van der Waals surface area contributed by atoms with Gasteiger partial charge in [0.1, 0.15) is 0 Å². The van der Waals surface area contributed by atoms with Crippen LogP contribution in [0.1, 0.15) is 47.0 Å². The van der Waals surface area contributed by atoms with Gasteiger partial charge in [-0.15, -0.1) is 24.0 Å². The van der Waals surface area contributed by atoms with Crippen LogP contribution in [0.2, 0.25) is 0 Å². The van der Waals surface area contributed by atoms with Crippen molar-refractivity contribution in [1.29, 1.82) is 0 Å². The van der Waals surface area contributed by atoms with Crippen LogP contribution in [0, 0.1) is 0 Å². The number of carbonyl (C=O) groups is 1. The molecule has 0 atom stereocenters. The fraction of sp³-hybridized carbons (Fsp3) is 0.846. The van der Waals surface area contributed by atoms with Crippen molar-refractivity contribution in [2.45, 2.75) is 53.0 Å². The van der Waals surface area contributed by atoms with E-state index in [1.165, 1.54) is 0 Å². The minimum absolute atomic E-state index is 0. The maximum absolute atomic E-state index is 11.4. The Labute approximate surface area is 134 Å². The molecular formula is C13H29IN4O. The topological polar surface area (TPSA) is 65.5 Å². The van der Waals surface area contributed by atoms with Gasteiger partial charge in [0.05, 0.1) is 0 Å². The average molecular weight is 384 g/mol. The van der Waals surface area contributed by atoms with E-state index < -0.39 is 0 Å². The van der Waals surface area contributed by atoms with Gasteiger partial charge >= 0.3 is 0 Å². The molecule has 0 aliphatic heterocycles. The minimum atomic E-state index is 0. The van der Waals surface area contributed by atoms with Gasteiger partial charge in [0.25, 0.3) is 0 Å². The molecule has 0 aliphatic carbocycles. The Balaban J connectivity index is 0. The van der Waals surface area contributed by atoms with Gasteiger partial charge < -0.3 is 16.0 Å². The first-order chi connectivity index (χ1) is 8.60. The van der Waals surface area contributed by atoms with Gasteiger partial charge in [-0.3, -0.25) is 9.79 Å². The Morgan fingerprint density at radius 2 is 1.89 bits per heavy atom. The van der Waals surface area contributed by atoms with Crippen LogP contribution in [0.3, 0.4) is 0 Å². The van der Waals surface area contributed by atoms with Crippen molar-refractivity contribution < 1.29 is 4.79 Å². The molecule has 19 heavy (non-hydrogen) atoms. The molecule has 0 unspecified atom stereocenters. The van der Waals surface area contributed by atoms with Crippen molar-refractivity contribution in [2.75, 3.05) is 19.6 Å². The highest BCUT2D eigenvalue weighted by atomic mass is 127. The molecule has 0 heterocycles. The second-order valence-corrected chi connectivity index (χ2v) is 4.51. The monoisotopic (exact) mass is 384 g/mol. The second-order valence-electron chi connectivity index (χ2n) is 4.51. The van der Waals surface area contributed by atoms with E-state index in [2.05, 4.69) is 27.9 Å². The lowest BCUT2D eigenvalue weighted by molar-refractivity contribution is -0.121. The fourth-order valence-electron chi connectivity index (χ4n) is 1.38. The lowest BCUT2D eigenvalue weighted by atomic mass is 10.3. The number of halogens is 1. The van der Waals surface area contributed by atoms with E-state index in [4.69, 9.17) is 0 Å². The molecule has 0 aliphatic rings. The van der Waals surface area contributed by atoms with Crippen LogP contribution < -0.4 is 16.0 Å². The van der Waals surface area contributed by atoms with Crippen LogP contribution >= 0.6 is 24.0 Å². The van der Waals surface area contributed by atoms with Crippen molar-refractivity contribution in [3.63, 3.8) is 0 Å². The quantitative estimate of drug-likeness (QED) is 0.259. The lowest BCUT2D eigenvalue weighted by Crippen LogP contribution is -2.40. The molecule has 0 fully saturated rings. The van der Waals surface area contributed by atoms with E-state index in [0.29, 0.717) is 13.0 Å². The Hall–Kier alpha value is -0.530. The van der Waals surface area contributed by atoms with Crippen molar-refractivity contribution in [3.05, 3.63) is 0 Å². The zero-order chi connectivity index (χ0) is 13.8. The third kappa shape index (κ3) is 13.7. The van der Waals surface area contributed by atoms with Crippen LogP contribution in [0.5, 0.6) is 0 Å².